The number of hydrogen-bond acceptors (Lipinski definition) is 4. The topological polar surface area (TPSA) is 80.9 Å². The summed E-state index contributed by atoms with van der Waals surface area (Å²) in [4.78, 5) is 11.1. The lowest BCUT2D eigenvalue weighted by atomic mass is 9.52. The molecule has 4 saturated carbocycles. The summed E-state index contributed by atoms with van der Waals surface area (Å²) in [6.45, 7) is 0.684. The van der Waals surface area contributed by atoms with E-state index in [1.54, 1.807) is 0 Å². The smallest absolute Gasteiger partial charge is 0.375 e. The van der Waals surface area contributed by atoms with Gasteiger partial charge in [-0.25, -0.2) is 9.48 Å². The Morgan fingerprint density at radius 3 is 2.37 bits per heavy atom. The van der Waals surface area contributed by atoms with Gasteiger partial charge in [0.25, 0.3) is 5.82 Å². The van der Waals surface area contributed by atoms with Gasteiger partial charge in [0, 0.05) is 6.54 Å². The van der Waals surface area contributed by atoms with Crippen LogP contribution in [0.3, 0.4) is 0 Å². The summed E-state index contributed by atoms with van der Waals surface area (Å²) >= 11 is 0. The molecule has 4 aliphatic rings. The fourth-order valence-electron chi connectivity index (χ4n) is 5.02. The predicted molar refractivity (Wildman–Crippen MR) is 65.3 cm³/mol. The summed E-state index contributed by atoms with van der Waals surface area (Å²) in [6.07, 6.45) is 6.78. The lowest BCUT2D eigenvalue weighted by Gasteiger charge is -2.54. The minimum absolute atomic E-state index is 0.0196. The molecule has 0 saturated heterocycles. The van der Waals surface area contributed by atoms with Crippen molar-refractivity contribution in [1.82, 2.24) is 20.2 Å². The molecule has 4 fully saturated rings. The Hall–Kier alpha value is -1.46. The predicted octanol–water partition coefficient (Wildman–Crippen LogP) is 1.44. The molecule has 4 bridgehead atoms. The van der Waals surface area contributed by atoms with Crippen LogP contribution in [-0.2, 0) is 6.54 Å². The van der Waals surface area contributed by atoms with Crippen LogP contribution in [0.25, 0.3) is 0 Å². The highest BCUT2D eigenvalue weighted by molar-refractivity contribution is 5.82. The summed E-state index contributed by atoms with van der Waals surface area (Å²) in [5.41, 5.74) is 0. The second-order valence-corrected chi connectivity index (χ2v) is 6.58. The van der Waals surface area contributed by atoms with E-state index in [1.165, 1.54) is 36.8 Å². The third-order valence-electron chi connectivity index (χ3n) is 5.53. The molecule has 0 radical (unpaired) electrons. The number of rotatable bonds is 3. The number of nitrogens with zero attached hydrogens (tertiary/aromatic N) is 4. The van der Waals surface area contributed by atoms with Crippen molar-refractivity contribution < 1.29 is 9.90 Å². The van der Waals surface area contributed by atoms with Crippen molar-refractivity contribution in [3.05, 3.63) is 5.82 Å². The average Bonchev–Trinajstić information content (AvgIpc) is 2.81. The van der Waals surface area contributed by atoms with Gasteiger partial charge in [0.1, 0.15) is 0 Å². The molecule has 0 atom stereocenters. The molecule has 1 aromatic heterocycles. The molecule has 6 heteroatoms. The summed E-state index contributed by atoms with van der Waals surface area (Å²) in [6, 6.07) is 0. The molecule has 5 rings (SSSR count). The van der Waals surface area contributed by atoms with Gasteiger partial charge in [-0.05, 0) is 72.1 Å². The number of aromatic nitrogens is 4. The summed E-state index contributed by atoms with van der Waals surface area (Å²) in [5, 5.41) is 20.0. The standard InChI is InChI=1S/C13H18N4O2/c18-13(19)12-14-15-16-17(12)6-11-9-2-7-1-8(4-9)5-10(11)3-7/h7-11H,1-6H2,(H,18,19). The quantitative estimate of drug-likeness (QED) is 0.891. The second-order valence-electron chi connectivity index (χ2n) is 6.58. The number of carbonyl (C=O) groups is 1. The lowest BCUT2D eigenvalue weighted by Crippen LogP contribution is -2.46. The van der Waals surface area contributed by atoms with Gasteiger partial charge in [0.2, 0.25) is 0 Å². The van der Waals surface area contributed by atoms with Crippen molar-refractivity contribution in [2.24, 2.45) is 29.6 Å². The normalized spacial score (nSPS) is 39.7. The van der Waals surface area contributed by atoms with Crippen LogP contribution in [0.2, 0.25) is 0 Å². The van der Waals surface area contributed by atoms with Gasteiger partial charge in [-0.2, -0.15) is 0 Å². The Labute approximate surface area is 111 Å². The molecule has 0 spiro atoms. The maximum absolute atomic E-state index is 11.1. The number of carboxylic acid groups (broad SMARTS) is 1. The van der Waals surface area contributed by atoms with E-state index < -0.39 is 5.97 Å². The highest BCUT2D eigenvalue weighted by Gasteiger charge is 2.48. The maximum Gasteiger partial charge on any atom is 0.375 e. The number of aromatic carboxylic acids is 1. The third-order valence-corrected chi connectivity index (χ3v) is 5.53. The largest absolute Gasteiger partial charge is 0.475 e. The highest BCUT2D eigenvalue weighted by atomic mass is 16.4. The van der Waals surface area contributed by atoms with Crippen LogP contribution in [-0.4, -0.2) is 31.3 Å². The highest BCUT2D eigenvalue weighted by Crippen LogP contribution is 2.56. The molecule has 19 heavy (non-hydrogen) atoms. The lowest BCUT2D eigenvalue weighted by molar-refractivity contribution is -0.0447. The Morgan fingerprint density at radius 1 is 1.16 bits per heavy atom. The monoisotopic (exact) mass is 262 g/mol. The summed E-state index contributed by atoms with van der Waals surface area (Å²) in [5.74, 6) is 2.93. The van der Waals surface area contributed by atoms with Gasteiger partial charge in [0.15, 0.2) is 0 Å². The van der Waals surface area contributed by atoms with Gasteiger partial charge in [-0.3, -0.25) is 0 Å². The van der Waals surface area contributed by atoms with Crippen LogP contribution in [0.4, 0.5) is 0 Å². The molecule has 0 amide bonds. The maximum atomic E-state index is 11.1. The molecule has 6 nitrogen and oxygen atoms in total. The van der Waals surface area contributed by atoms with E-state index >= 15 is 0 Å². The second kappa shape index (κ2) is 4.02. The Balaban J connectivity index is 1.57. The van der Waals surface area contributed by atoms with Crippen LogP contribution >= 0.6 is 0 Å². The molecule has 102 valence electrons. The SMILES string of the molecule is O=C(O)c1nnnn1CC1C2CC3CC(C2)CC1C3. The van der Waals surface area contributed by atoms with E-state index in [2.05, 4.69) is 15.5 Å². The van der Waals surface area contributed by atoms with Crippen molar-refractivity contribution >= 4 is 5.97 Å². The van der Waals surface area contributed by atoms with Gasteiger partial charge >= 0.3 is 5.97 Å². The van der Waals surface area contributed by atoms with Crippen molar-refractivity contribution in [2.45, 2.75) is 38.6 Å². The zero-order chi connectivity index (χ0) is 13.0. The van der Waals surface area contributed by atoms with Crippen LogP contribution in [0.15, 0.2) is 0 Å². The number of tetrazole rings is 1. The van der Waals surface area contributed by atoms with Crippen molar-refractivity contribution in [2.75, 3.05) is 0 Å². The van der Waals surface area contributed by atoms with E-state index in [-0.39, 0.29) is 5.82 Å². The molecule has 1 heterocycles. The van der Waals surface area contributed by atoms with Crippen LogP contribution in [0.5, 0.6) is 0 Å². The zero-order valence-electron chi connectivity index (χ0n) is 10.8. The summed E-state index contributed by atoms with van der Waals surface area (Å²) in [7, 11) is 0. The molecule has 1 N–H and O–H groups in total. The minimum Gasteiger partial charge on any atom is -0.475 e. The first kappa shape index (κ1) is 11.4. The molecular weight excluding hydrogens is 244 g/mol. The van der Waals surface area contributed by atoms with Crippen LogP contribution in [0, 0.1) is 29.6 Å². The zero-order valence-corrected chi connectivity index (χ0v) is 10.8. The van der Waals surface area contributed by atoms with E-state index in [9.17, 15) is 4.79 Å². The van der Waals surface area contributed by atoms with Crippen molar-refractivity contribution in [3.8, 4) is 0 Å². The number of hydrogen-bond donors (Lipinski definition) is 1. The molecule has 0 aliphatic heterocycles. The van der Waals surface area contributed by atoms with Gasteiger partial charge in [0.05, 0.1) is 0 Å². The first-order valence-electron chi connectivity index (χ1n) is 7.20. The summed E-state index contributed by atoms with van der Waals surface area (Å²) < 4.78 is 1.50. The van der Waals surface area contributed by atoms with Gasteiger partial charge in [-0.1, -0.05) is 0 Å². The molecule has 4 aliphatic carbocycles. The van der Waals surface area contributed by atoms with Gasteiger partial charge < -0.3 is 5.11 Å². The van der Waals surface area contributed by atoms with E-state index in [1.807, 2.05) is 0 Å². The molecule has 0 unspecified atom stereocenters. The average molecular weight is 262 g/mol. The molecule has 0 aromatic carbocycles. The Bertz CT molecular complexity index is 484. The fourth-order valence-corrected chi connectivity index (χ4v) is 5.02. The first-order valence-corrected chi connectivity index (χ1v) is 7.20. The fraction of sp³-hybridized carbons (Fsp3) is 0.846. The Morgan fingerprint density at radius 2 is 1.79 bits per heavy atom. The van der Waals surface area contributed by atoms with E-state index in [4.69, 9.17) is 5.11 Å². The minimum atomic E-state index is -1.03. The van der Waals surface area contributed by atoms with Crippen molar-refractivity contribution in [3.63, 3.8) is 0 Å². The van der Waals surface area contributed by atoms with Crippen LogP contribution < -0.4 is 0 Å². The van der Waals surface area contributed by atoms with E-state index in [0.717, 1.165) is 23.7 Å². The number of carboxylic acids is 1. The first-order chi connectivity index (χ1) is 9.20. The van der Waals surface area contributed by atoms with Crippen LogP contribution in [0.1, 0.15) is 42.7 Å². The van der Waals surface area contributed by atoms with E-state index in [0.29, 0.717) is 12.5 Å². The van der Waals surface area contributed by atoms with Crippen molar-refractivity contribution in [1.29, 1.82) is 0 Å². The molecule has 1 aromatic rings. The Kier molecular flexibility index (Phi) is 2.40. The third kappa shape index (κ3) is 1.76. The van der Waals surface area contributed by atoms with Gasteiger partial charge in [-0.15, -0.1) is 5.10 Å². The molecular formula is C13H18N4O2.